The highest BCUT2D eigenvalue weighted by atomic mass is 16.5. The van der Waals surface area contributed by atoms with Gasteiger partial charge in [0.05, 0.1) is 6.20 Å². The first-order chi connectivity index (χ1) is 6.38. The fraction of sp³-hybridized carbons (Fsp3) is 0.375. The van der Waals surface area contributed by atoms with Gasteiger partial charge in [-0.3, -0.25) is 4.79 Å². The van der Waals surface area contributed by atoms with Gasteiger partial charge in [-0.1, -0.05) is 0 Å². The molecule has 1 atom stereocenters. The van der Waals surface area contributed by atoms with Crippen LogP contribution < -0.4 is 5.32 Å². The molecule has 0 aliphatic rings. The minimum atomic E-state index is -0.294. The van der Waals surface area contributed by atoms with E-state index in [2.05, 4.69) is 15.5 Å². The lowest BCUT2D eigenvalue weighted by Crippen LogP contribution is -2.19. The Morgan fingerprint density at radius 3 is 3.08 bits per heavy atom. The van der Waals surface area contributed by atoms with Gasteiger partial charge in [0, 0.05) is 18.3 Å². The molecule has 0 spiro atoms. The van der Waals surface area contributed by atoms with E-state index in [1.54, 1.807) is 25.5 Å². The first kappa shape index (κ1) is 9.60. The van der Waals surface area contributed by atoms with E-state index in [1.807, 2.05) is 0 Å². The second-order valence-electron chi connectivity index (χ2n) is 2.45. The Kier molecular flexibility index (Phi) is 3.84. The standard InChI is InChI=1S/C8H11N3O2/c1-9-5-8(13-6-12)7-2-3-10-11-4-7/h2-4,6,8-9H,5H2,1H3/t8-/m1/s1. The summed E-state index contributed by atoms with van der Waals surface area (Å²) >= 11 is 0. The summed E-state index contributed by atoms with van der Waals surface area (Å²) < 4.78 is 4.86. The number of carbonyl (C=O) groups is 1. The van der Waals surface area contributed by atoms with E-state index in [1.165, 1.54) is 0 Å². The van der Waals surface area contributed by atoms with Gasteiger partial charge in [-0.15, -0.1) is 0 Å². The molecular formula is C8H11N3O2. The molecule has 1 N–H and O–H groups in total. The predicted molar refractivity (Wildman–Crippen MR) is 45.8 cm³/mol. The number of carbonyl (C=O) groups excluding carboxylic acids is 1. The highest BCUT2D eigenvalue weighted by Gasteiger charge is 2.10. The van der Waals surface area contributed by atoms with Gasteiger partial charge in [-0.2, -0.15) is 10.2 Å². The number of ether oxygens (including phenoxy) is 1. The number of hydrogen-bond acceptors (Lipinski definition) is 5. The molecule has 0 bridgehead atoms. The van der Waals surface area contributed by atoms with Crippen LogP contribution in [0.3, 0.4) is 0 Å². The summed E-state index contributed by atoms with van der Waals surface area (Å²) in [6, 6.07) is 1.76. The van der Waals surface area contributed by atoms with Crippen molar-refractivity contribution in [1.29, 1.82) is 0 Å². The zero-order valence-electron chi connectivity index (χ0n) is 7.30. The van der Waals surface area contributed by atoms with Crippen LogP contribution in [0.1, 0.15) is 11.7 Å². The lowest BCUT2D eigenvalue weighted by molar-refractivity contribution is -0.133. The quantitative estimate of drug-likeness (QED) is 0.643. The van der Waals surface area contributed by atoms with Gasteiger partial charge in [-0.05, 0) is 13.1 Å². The van der Waals surface area contributed by atoms with E-state index in [0.29, 0.717) is 13.0 Å². The molecule has 0 aromatic carbocycles. The summed E-state index contributed by atoms with van der Waals surface area (Å²) in [6.45, 7) is 0.993. The fourth-order valence-electron chi connectivity index (χ4n) is 0.988. The smallest absolute Gasteiger partial charge is 0.293 e. The largest absolute Gasteiger partial charge is 0.458 e. The SMILES string of the molecule is CNC[C@@H](OC=O)c1ccnnc1. The Morgan fingerprint density at radius 1 is 1.69 bits per heavy atom. The molecule has 0 aliphatic heterocycles. The van der Waals surface area contributed by atoms with E-state index in [0.717, 1.165) is 5.56 Å². The lowest BCUT2D eigenvalue weighted by atomic mass is 10.2. The van der Waals surface area contributed by atoms with Gasteiger partial charge in [0.25, 0.3) is 6.47 Å². The van der Waals surface area contributed by atoms with Crippen LogP contribution in [-0.2, 0) is 9.53 Å². The third-order valence-corrected chi connectivity index (χ3v) is 1.59. The normalized spacial score (nSPS) is 12.1. The van der Waals surface area contributed by atoms with Crippen LogP contribution >= 0.6 is 0 Å². The van der Waals surface area contributed by atoms with Crippen molar-refractivity contribution < 1.29 is 9.53 Å². The summed E-state index contributed by atoms with van der Waals surface area (Å²) in [5.41, 5.74) is 0.830. The Bertz CT molecular complexity index is 253. The van der Waals surface area contributed by atoms with Crippen molar-refractivity contribution in [3.05, 3.63) is 24.0 Å². The van der Waals surface area contributed by atoms with Crippen LogP contribution in [0, 0.1) is 0 Å². The number of hydrogen-bond donors (Lipinski definition) is 1. The van der Waals surface area contributed by atoms with Crippen molar-refractivity contribution in [3.63, 3.8) is 0 Å². The van der Waals surface area contributed by atoms with Gasteiger partial charge in [-0.25, -0.2) is 0 Å². The molecule has 0 radical (unpaired) electrons. The molecule has 1 aromatic heterocycles. The molecule has 0 saturated carbocycles. The topological polar surface area (TPSA) is 64.1 Å². The summed E-state index contributed by atoms with van der Waals surface area (Å²) in [7, 11) is 1.79. The third-order valence-electron chi connectivity index (χ3n) is 1.59. The van der Waals surface area contributed by atoms with Gasteiger partial charge in [0.1, 0.15) is 6.10 Å². The van der Waals surface area contributed by atoms with Crippen LogP contribution in [0.2, 0.25) is 0 Å². The molecule has 0 saturated heterocycles. The number of aromatic nitrogens is 2. The average molecular weight is 181 g/mol. The molecule has 0 unspecified atom stereocenters. The summed E-state index contributed by atoms with van der Waals surface area (Å²) in [5.74, 6) is 0. The monoisotopic (exact) mass is 181 g/mol. The third kappa shape index (κ3) is 2.79. The molecule has 5 heteroatoms. The van der Waals surface area contributed by atoms with E-state index in [4.69, 9.17) is 4.74 Å². The molecule has 5 nitrogen and oxygen atoms in total. The first-order valence-corrected chi connectivity index (χ1v) is 3.88. The van der Waals surface area contributed by atoms with Crippen molar-refractivity contribution in [2.75, 3.05) is 13.6 Å². The molecule has 1 aromatic rings. The van der Waals surface area contributed by atoms with Crippen molar-refractivity contribution in [3.8, 4) is 0 Å². The van der Waals surface area contributed by atoms with Crippen LogP contribution in [0.15, 0.2) is 18.5 Å². The Hall–Kier alpha value is -1.49. The van der Waals surface area contributed by atoms with E-state index in [9.17, 15) is 4.79 Å². The van der Waals surface area contributed by atoms with E-state index < -0.39 is 0 Å². The second kappa shape index (κ2) is 5.21. The number of nitrogens with zero attached hydrogens (tertiary/aromatic N) is 2. The maximum atomic E-state index is 10.2. The summed E-state index contributed by atoms with van der Waals surface area (Å²) in [6.07, 6.45) is 2.84. The van der Waals surface area contributed by atoms with Crippen molar-refractivity contribution in [1.82, 2.24) is 15.5 Å². The van der Waals surface area contributed by atoms with Crippen LogP contribution in [0.5, 0.6) is 0 Å². The second-order valence-corrected chi connectivity index (χ2v) is 2.45. The Labute approximate surface area is 76.1 Å². The minimum Gasteiger partial charge on any atom is -0.458 e. The molecule has 0 aliphatic carbocycles. The lowest BCUT2D eigenvalue weighted by Gasteiger charge is -2.13. The number of rotatable bonds is 5. The van der Waals surface area contributed by atoms with E-state index in [-0.39, 0.29) is 6.10 Å². The molecule has 0 amide bonds. The number of nitrogens with one attached hydrogen (secondary N) is 1. The van der Waals surface area contributed by atoms with Gasteiger partial charge >= 0.3 is 0 Å². The summed E-state index contributed by atoms with van der Waals surface area (Å²) in [4.78, 5) is 10.2. The maximum absolute atomic E-state index is 10.2. The van der Waals surface area contributed by atoms with Crippen LogP contribution in [-0.4, -0.2) is 30.3 Å². The van der Waals surface area contributed by atoms with Crippen molar-refractivity contribution in [2.24, 2.45) is 0 Å². The molecule has 1 rings (SSSR count). The highest BCUT2D eigenvalue weighted by molar-refractivity contribution is 5.38. The van der Waals surface area contributed by atoms with Gasteiger partial charge in [0.15, 0.2) is 0 Å². The molecule has 70 valence electrons. The molecule has 0 fully saturated rings. The van der Waals surface area contributed by atoms with Crippen LogP contribution in [0.4, 0.5) is 0 Å². The molecule has 1 heterocycles. The van der Waals surface area contributed by atoms with Gasteiger partial charge in [0.2, 0.25) is 0 Å². The fourth-order valence-corrected chi connectivity index (χ4v) is 0.988. The Morgan fingerprint density at radius 2 is 2.54 bits per heavy atom. The highest BCUT2D eigenvalue weighted by Crippen LogP contribution is 2.12. The zero-order chi connectivity index (χ0) is 9.52. The first-order valence-electron chi connectivity index (χ1n) is 3.88. The Balaban J connectivity index is 2.69. The molecular weight excluding hydrogens is 170 g/mol. The summed E-state index contributed by atoms with van der Waals surface area (Å²) in [5, 5.41) is 10.2. The minimum absolute atomic E-state index is 0.294. The predicted octanol–water partition coefficient (Wildman–Crippen LogP) is -0.0899. The van der Waals surface area contributed by atoms with E-state index >= 15 is 0 Å². The zero-order valence-corrected chi connectivity index (χ0v) is 7.30. The van der Waals surface area contributed by atoms with Crippen molar-refractivity contribution >= 4 is 6.47 Å². The maximum Gasteiger partial charge on any atom is 0.293 e. The molecule has 13 heavy (non-hydrogen) atoms. The van der Waals surface area contributed by atoms with Crippen LogP contribution in [0.25, 0.3) is 0 Å². The average Bonchev–Trinajstić information content (AvgIpc) is 2.19. The van der Waals surface area contributed by atoms with Crippen molar-refractivity contribution in [2.45, 2.75) is 6.10 Å². The van der Waals surface area contributed by atoms with Gasteiger partial charge < -0.3 is 10.1 Å². The number of likely N-dealkylation sites (N-methyl/N-ethyl adjacent to an activating group) is 1.